The number of esters is 1. The first kappa shape index (κ1) is 22.4. The van der Waals surface area contributed by atoms with Gasteiger partial charge in [-0.15, -0.1) is 0 Å². The molecule has 0 saturated carbocycles. The zero-order valence-electron chi connectivity index (χ0n) is 18.3. The van der Waals surface area contributed by atoms with Crippen molar-refractivity contribution in [3.63, 3.8) is 0 Å². The molecule has 0 unspecified atom stereocenters. The van der Waals surface area contributed by atoms with Gasteiger partial charge < -0.3 is 28.3 Å². The van der Waals surface area contributed by atoms with Crippen LogP contribution in [0.4, 0.5) is 0 Å². The first-order valence-corrected chi connectivity index (χ1v) is 10.8. The van der Waals surface area contributed by atoms with E-state index in [4.69, 9.17) is 23.7 Å². The molecule has 0 spiro atoms. The third-order valence-corrected chi connectivity index (χ3v) is 5.93. The SMILES string of the molecule is COC(=O)Cn1c(=NC(=O)C=Cc2ccc(OC)c(OC)c2)sc2cc3c(cc21)OCCO3. The van der Waals surface area contributed by atoms with Crippen molar-refractivity contribution in [1.82, 2.24) is 4.57 Å². The molecule has 3 aromatic rings. The first-order chi connectivity index (χ1) is 16.0. The normalized spacial score (nSPS) is 13.4. The molecule has 1 amide bonds. The van der Waals surface area contributed by atoms with Crippen LogP contribution in [0.1, 0.15) is 5.56 Å². The monoisotopic (exact) mass is 470 g/mol. The van der Waals surface area contributed by atoms with Gasteiger partial charge in [0.05, 0.1) is 31.5 Å². The minimum Gasteiger partial charge on any atom is -0.493 e. The molecule has 1 aliphatic rings. The topological polar surface area (TPSA) is 97.6 Å². The highest BCUT2D eigenvalue weighted by molar-refractivity contribution is 7.16. The van der Waals surface area contributed by atoms with Gasteiger partial charge in [0.2, 0.25) is 0 Å². The van der Waals surface area contributed by atoms with Gasteiger partial charge in [-0.2, -0.15) is 4.99 Å². The molecule has 2 aromatic carbocycles. The molecule has 1 aliphatic heterocycles. The summed E-state index contributed by atoms with van der Waals surface area (Å²) in [6.07, 6.45) is 2.98. The number of nitrogens with zero attached hydrogens (tertiary/aromatic N) is 2. The van der Waals surface area contributed by atoms with Gasteiger partial charge >= 0.3 is 5.97 Å². The number of carbonyl (C=O) groups is 2. The van der Waals surface area contributed by atoms with Crippen LogP contribution >= 0.6 is 11.3 Å². The molecule has 0 radical (unpaired) electrons. The van der Waals surface area contributed by atoms with Crippen LogP contribution in [0.3, 0.4) is 0 Å². The Bertz CT molecular complexity index is 1310. The summed E-state index contributed by atoms with van der Waals surface area (Å²) in [7, 11) is 4.41. The summed E-state index contributed by atoms with van der Waals surface area (Å²) in [5, 5.41) is 0. The third-order valence-electron chi connectivity index (χ3n) is 4.89. The Morgan fingerprint density at radius 3 is 2.48 bits per heavy atom. The summed E-state index contributed by atoms with van der Waals surface area (Å²) in [4.78, 5) is 29.2. The molecule has 33 heavy (non-hydrogen) atoms. The lowest BCUT2D eigenvalue weighted by molar-refractivity contribution is -0.141. The summed E-state index contributed by atoms with van der Waals surface area (Å²) in [5.41, 5.74) is 1.45. The van der Waals surface area contributed by atoms with E-state index in [0.717, 1.165) is 10.3 Å². The number of aromatic nitrogens is 1. The van der Waals surface area contributed by atoms with Crippen molar-refractivity contribution in [2.24, 2.45) is 4.99 Å². The van der Waals surface area contributed by atoms with Crippen molar-refractivity contribution >= 4 is 39.5 Å². The molecular weight excluding hydrogens is 448 g/mol. The molecule has 172 valence electrons. The summed E-state index contributed by atoms with van der Waals surface area (Å²) >= 11 is 1.27. The molecule has 0 fully saturated rings. The van der Waals surface area contributed by atoms with Crippen LogP contribution in [0, 0.1) is 0 Å². The van der Waals surface area contributed by atoms with E-state index in [9.17, 15) is 9.59 Å². The number of carbonyl (C=O) groups excluding carboxylic acids is 2. The van der Waals surface area contributed by atoms with Crippen LogP contribution in [-0.2, 0) is 20.9 Å². The van der Waals surface area contributed by atoms with Gasteiger partial charge in [0.15, 0.2) is 27.8 Å². The van der Waals surface area contributed by atoms with Crippen LogP contribution in [0.25, 0.3) is 16.3 Å². The van der Waals surface area contributed by atoms with Crippen molar-refractivity contribution in [2.75, 3.05) is 34.5 Å². The van der Waals surface area contributed by atoms with Crippen molar-refractivity contribution in [3.8, 4) is 23.0 Å². The molecule has 9 nitrogen and oxygen atoms in total. The Morgan fingerprint density at radius 1 is 1.06 bits per heavy atom. The number of hydrogen-bond donors (Lipinski definition) is 0. The number of amides is 1. The highest BCUT2D eigenvalue weighted by atomic mass is 32.1. The summed E-state index contributed by atoms with van der Waals surface area (Å²) < 4.78 is 29.1. The number of fused-ring (bicyclic) bond motifs is 2. The second-order valence-corrected chi connectivity index (χ2v) is 7.92. The third kappa shape index (κ3) is 4.85. The van der Waals surface area contributed by atoms with E-state index >= 15 is 0 Å². The summed E-state index contributed by atoms with van der Waals surface area (Å²) in [6, 6.07) is 8.91. The zero-order valence-corrected chi connectivity index (χ0v) is 19.1. The molecular formula is C23H22N2O7S. The highest BCUT2D eigenvalue weighted by Gasteiger charge is 2.18. The molecule has 0 atom stereocenters. The summed E-state index contributed by atoms with van der Waals surface area (Å²) in [6.45, 7) is 0.806. The van der Waals surface area contributed by atoms with Gasteiger partial charge in [-0.05, 0) is 23.8 Å². The maximum atomic E-state index is 12.6. The minimum atomic E-state index is -0.479. The second-order valence-electron chi connectivity index (χ2n) is 6.91. The average Bonchev–Trinajstić information content (AvgIpc) is 3.16. The van der Waals surface area contributed by atoms with E-state index in [1.165, 1.54) is 24.5 Å². The maximum Gasteiger partial charge on any atom is 0.325 e. The molecule has 1 aromatic heterocycles. The zero-order chi connectivity index (χ0) is 23.4. The van der Waals surface area contributed by atoms with E-state index in [0.29, 0.717) is 46.5 Å². The van der Waals surface area contributed by atoms with E-state index < -0.39 is 11.9 Å². The Hall–Kier alpha value is -3.79. The predicted molar refractivity (Wildman–Crippen MR) is 122 cm³/mol. The van der Waals surface area contributed by atoms with Crippen LogP contribution in [0.15, 0.2) is 41.4 Å². The van der Waals surface area contributed by atoms with Crippen LogP contribution in [-0.4, -0.2) is 51.0 Å². The number of thiazole rings is 1. The molecule has 0 aliphatic carbocycles. The van der Waals surface area contributed by atoms with Crippen molar-refractivity contribution in [1.29, 1.82) is 0 Å². The van der Waals surface area contributed by atoms with Gasteiger partial charge in [0.1, 0.15) is 19.8 Å². The molecule has 4 rings (SSSR count). The fraction of sp³-hybridized carbons (Fsp3) is 0.261. The number of hydrogen-bond acceptors (Lipinski definition) is 8. The predicted octanol–water partition coefficient (Wildman–Crippen LogP) is 2.80. The van der Waals surface area contributed by atoms with Gasteiger partial charge in [-0.25, -0.2) is 0 Å². The van der Waals surface area contributed by atoms with Crippen LogP contribution < -0.4 is 23.7 Å². The quantitative estimate of drug-likeness (QED) is 0.404. The van der Waals surface area contributed by atoms with E-state index in [-0.39, 0.29) is 6.54 Å². The molecule has 10 heteroatoms. The minimum absolute atomic E-state index is 0.0956. The van der Waals surface area contributed by atoms with Gasteiger partial charge in [-0.3, -0.25) is 9.59 Å². The Morgan fingerprint density at radius 2 is 1.79 bits per heavy atom. The fourth-order valence-corrected chi connectivity index (χ4v) is 4.34. The van der Waals surface area contributed by atoms with Crippen LogP contribution in [0.2, 0.25) is 0 Å². The average molecular weight is 471 g/mol. The number of ether oxygens (including phenoxy) is 5. The fourth-order valence-electron chi connectivity index (χ4n) is 3.29. The standard InChI is InChI=1S/C23H22N2O7S/c1-28-16-6-4-14(10-17(16)29-2)5-7-21(26)24-23-25(13-22(27)30-3)15-11-18-19(12-20(15)33-23)32-9-8-31-18/h4-7,10-12H,8-9,13H2,1-3H3. The number of methoxy groups -OCH3 is 3. The van der Waals surface area contributed by atoms with E-state index in [2.05, 4.69) is 4.99 Å². The molecule has 0 saturated heterocycles. The van der Waals surface area contributed by atoms with Gasteiger partial charge in [-0.1, -0.05) is 17.4 Å². The van der Waals surface area contributed by atoms with E-state index in [1.54, 1.807) is 49.1 Å². The first-order valence-electron chi connectivity index (χ1n) is 10.0. The Labute approximate surface area is 193 Å². The van der Waals surface area contributed by atoms with Crippen molar-refractivity contribution in [2.45, 2.75) is 6.54 Å². The second kappa shape index (κ2) is 9.78. The number of rotatable bonds is 6. The lowest BCUT2D eigenvalue weighted by atomic mass is 10.2. The van der Waals surface area contributed by atoms with E-state index in [1.807, 2.05) is 6.07 Å². The maximum absolute atomic E-state index is 12.6. The smallest absolute Gasteiger partial charge is 0.325 e. The largest absolute Gasteiger partial charge is 0.493 e. The van der Waals surface area contributed by atoms with Crippen molar-refractivity contribution < 1.29 is 33.3 Å². The van der Waals surface area contributed by atoms with Crippen molar-refractivity contribution in [3.05, 3.63) is 46.8 Å². The lowest BCUT2D eigenvalue weighted by Crippen LogP contribution is -2.22. The molecule has 0 N–H and O–H groups in total. The lowest BCUT2D eigenvalue weighted by Gasteiger charge is -2.18. The number of benzene rings is 2. The van der Waals surface area contributed by atoms with Gasteiger partial charge in [0, 0.05) is 18.2 Å². The van der Waals surface area contributed by atoms with Crippen LogP contribution in [0.5, 0.6) is 23.0 Å². The molecule has 2 heterocycles. The Balaban J connectivity index is 1.70. The van der Waals surface area contributed by atoms with Gasteiger partial charge in [0.25, 0.3) is 5.91 Å². The summed E-state index contributed by atoms with van der Waals surface area (Å²) in [5.74, 6) is 1.41. The Kier molecular flexibility index (Phi) is 6.64. The highest BCUT2D eigenvalue weighted by Crippen LogP contribution is 2.35. The molecule has 0 bridgehead atoms.